The first-order chi connectivity index (χ1) is 5.83. The highest BCUT2D eigenvalue weighted by molar-refractivity contribution is 4.94. The van der Waals surface area contributed by atoms with E-state index in [9.17, 15) is 0 Å². The van der Waals surface area contributed by atoms with E-state index >= 15 is 0 Å². The summed E-state index contributed by atoms with van der Waals surface area (Å²) in [5, 5.41) is 8.56. The van der Waals surface area contributed by atoms with Crippen molar-refractivity contribution in [2.24, 2.45) is 23.7 Å². The number of aliphatic hydroxyl groups is 1. The fourth-order valence-corrected chi connectivity index (χ4v) is 3.17. The van der Waals surface area contributed by atoms with Crippen molar-refractivity contribution < 1.29 is 9.84 Å². The van der Waals surface area contributed by atoms with Crippen LogP contribution < -0.4 is 0 Å². The summed E-state index contributed by atoms with van der Waals surface area (Å²) in [6.45, 7) is 3.01. The molecule has 0 saturated heterocycles. The summed E-state index contributed by atoms with van der Waals surface area (Å²) in [6, 6.07) is 0. The van der Waals surface area contributed by atoms with Gasteiger partial charge in [0.1, 0.15) is 6.79 Å². The molecule has 0 radical (unpaired) electrons. The quantitative estimate of drug-likeness (QED) is 0.652. The second-order valence-corrected chi connectivity index (χ2v) is 4.36. The van der Waals surface area contributed by atoms with Gasteiger partial charge in [0.15, 0.2) is 0 Å². The third-order valence-corrected chi connectivity index (χ3v) is 3.94. The van der Waals surface area contributed by atoms with Crippen molar-refractivity contribution in [3.8, 4) is 0 Å². The number of hydrogen-bond donors (Lipinski definition) is 1. The van der Waals surface area contributed by atoms with E-state index in [2.05, 4.69) is 6.92 Å². The molecule has 1 N–H and O–H groups in total. The molecule has 4 atom stereocenters. The molecule has 2 rings (SSSR count). The highest BCUT2D eigenvalue weighted by Crippen LogP contribution is 2.51. The molecule has 0 spiro atoms. The molecule has 12 heavy (non-hydrogen) atoms. The Kier molecular flexibility index (Phi) is 2.37. The summed E-state index contributed by atoms with van der Waals surface area (Å²) < 4.78 is 5.10. The topological polar surface area (TPSA) is 29.5 Å². The third-order valence-electron chi connectivity index (χ3n) is 3.94. The van der Waals surface area contributed by atoms with Crippen LogP contribution in [-0.2, 0) is 4.74 Å². The highest BCUT2D eigenvalue weighted by Gasteiger charge is 2.44. The largest absolute Gasteiger partial charge is 0.371 e. The number of rotatable bonds is 3. The number of fused-ring (bicyclic) bond motifs is 2. The molecule has 2 aliphatic carbocycles. The lowest BCUT2D eigenvalue weighted by Gasteiger charge is -2.27. The van der Waals surface area contributed by atoms with Gasteiger partial charge in [0.25, 0.3) is 0 Å². The predicted octanol–water partition coefficient (Wildman–Crippen LogP) is 1.64. The Morgan fingerprint density at radius 1 is 1.33 bits per heavy atom. The zero-order valence-corrected chi connectivity index (χ0v) is 7.70. The third kappa shape index (κ3) is 1.27. The second-order valence-electron chi connectivity index (χ2n) is 4.36. The molecule has 2 heteroatoms. The molecule has 2 aliphatic rings. The van der Waals surface area contributed by atoms with E-state index in [0.717, 1.165) is 30.3 Å². The van der Waals surface area contributed by atoms with E-state index in [0.29, 0.717) is 0 Å². The van der Waals surface area contributed by atoms with Crippen molar-refractivity contribution in [2.45, 2.75) is 26.2 Å². The van der Waals surface area contributed by atoms with Gasteiger partial charge in [-0.3, -0.25) is 0 Å². The lowest BCUT2D eigenvalue weighted by atomic mass is 9.81. The first-order valence-electron chi connectivity index (χ1n) is 5.01. The molecule has 70 valence electrons. The minimum Gasteiger partial charge on any atom is -0.371 e. The molecule has 2 fully saturated rings. The van der Waals surface area contributed by atoms with Crippen molar-refractivity contribution >= 4 is 0 Å². The number of ether oxygens (including phenoxy) is 1. The second kappa shape index (κ2) is 3.35. The van der Waals surface area contributed by atoms with Gasteiger partial charge in [-0.05, 0) is 42.9 Å². The van der Waals surface area contributed by atoms with Gasteiger partial charge < -0.3 is 9.84 Å². The van der Waals surface area contributed by atoms with E-state index in [1.165, 1.54) is 19.3 Å². The summed E-state index contributed by atoms with van der Waals surface area (Å²) >= 11 is 0. The Bertz CT molecular complexity index is 156. The lowest BCUT2D eigenvalue weighted by Crippen LogP contribution is -2.24. The predicted molar refractivity (Wildman–Crippen MR) is 46.5 cm³/mol. The van der Waals surface area contributed by atoms with Crippen LogP contribution in [0.1, 0.15) is 26.2 Å². The van der Waals surface area contributed by atoms with Crippen molar-refractivity contribution in [2.75, 3.05) is 13.4 Å². The molecule has 0 aliphatic heterocycles. The fraction of sp³-hybridized carbons (Fsp3) is 1.00. The SMILES string of the molecule is CC1C2CCC(C2)C1COCO. The van der Waals surface area contributed by atoms with Gasteiger partial charge in [-0.2, -0.15) is 0 Å². The van der Waals surface area contributed by atoms with Crippen LogP contribution in [-0.4, -0.2) is 18.5 Å². The maximum atomic E-state index is 8.56. The smallest absolute Gasteiger partial charge is 0.143 e. The Morgan fingerprint density at radius 2 is 2.08 bits per heavy atom. The van der Waals surface area contributed by atoms with Gasteiger partial charge in [0.05, 0.1) is 6.61 Å². The van der Waals surface area contributed by atoms with Crippen molar-refractivity contribution in [3.63, 3.8) is 0 Å². The lowest BCUT2D eigenvalue weighted by molar-refractivity contribution is -0.0335. The molecule has 2 nitrogen and oxygen atoms in total. The maximum Gasteiger partial charge on any atom is 0.143 e. The van der Waals surface area contributed by atoms with Crippen molar-refractivity contribution in [3.05, 3.63) is 0 Å². The van der Waals surface area contributed by atoms with Gasteiger partial charge in [-0.15, -0.1) is 0 Å². The van der Waals surface area contributed by atoms with Crippen LogP contribution in [0.25, 0.3) is 0 Å². The standard InChI is InChI=1S/C10H18O2/c1-7-8-2-3-9(4-8)10(7)5-12-6-11/h7-11H,2-6H2,1H3. The molecule has 2 bridgehead atoms. The Labute approximate surface area is 73.9 Å². The molecule has 0 amide bonds. The van der Waals surface area contributed by atoms with E-state index in [4.69, 9.17) is 9.84 Å². The average Bonchev–Trinajstić information content (AvgIpc) is 2.62. The molecule has 0 aromatic rings. The van der Waals surface area contributed by atoms with Crippen LogP contribution in [0.2, 0.25) is 0 Å². The van der Waals surface area contributed by atoms with Crippen LogP contribution in [0.3, 0.4) is 0 Å². The molecule has 0 aromatic heterocycles. The zero-order valence-electron chi connectivity index (χ0n) is 7.70. The Morgan fingerprint density at radius 3 is 2.67 bits per heavy atom. The van der Waals surface area contributed by atoms with E-state index in [1.54, 1.807) is 0 Å². The van der Waals surface area contributed by atoms with Crippen LogP contribution in [0.15, 0.2) is 0 Å². The normalized spacial score (nSPS) is 45.5. The summed E-state index contributed by atoms with van der Waals surface area (Å²) in [6.07, 6.45) is 4.25. The molecule has 2 saturated carbocycles. The van der Waals surface area contributed by atoms with Crippen molar-refractivity contribution in [1.82, 2.24) is 0 Å². The molecular formula is C10H18O2. The van der Waals surface area contributed by atoms with Crippen molar-refractivity contribution in [1.29, 1.82) is 0 Å². The Balaban J connectivity index is 1.89. The Hall–Kier alpha value is -0.0800. The summed E-state index contributed by atoms with van der Waals surface area (Å²) in [5.74, 6) is 3.42. The van der Waals surface area contributed by atoms with Crippen LogP contribution in [0, 0.1) is 23.7 Å². The highest BCUT2D eigenvalue weighted by atomic mass is 16.6. The average molecular weight is 170 g/mol. The van der Waals surface area contributed by atoms with Crippen LogP contribution in [0.5, 0.6) is 0 Å². The summed E-state index contributed by atoms with van der Waals surface area (Å²) in [5.41, 5.74) is 0. The molecule has 4 unspecified atom stereocenters. The molecule has 0 aromatic carbocycles. The fourth-order valence-electron chi connectivity index (χ4n) is 3.17. The molecular weight excluding hydrogens is 152 g/mol. The monoisotopic (exact) mass is 170 g/mol. The van der Waals surface area contributed by atoms with Gasteiger partial charge in [-0.25, -0.2) is 0 Å². The number of hydrogen-bond acceptors (Lipinski definition) is 2. The van der Waals surface area contributed by atoms with Gasteiger partial charge in [0.2, 0.25) is 0 Å². The van der Waals surface area contributed by atoms with Gasteiger partial charge in [-0.1, -0.05) is 6.92 Å². The van der Waals surface area contributed by atoms with E-state index in [1.807, 2.05) is 0 Å². The maximum absolute atomic E-state index is 8.56. The molecule has 0 heterocycles. The van der Waals surface area contributed by atoms with E-state index in [-0.39, 0.29) is 6.79 Å². The van der Waals surface area contributed by atoms with Crippen LogP contribution in [0.4, 0.5) is 0 Å². The van der Waals surface area contributed by atoms with Gasteiger partial charge in [0, 0.05) is 0 Å². The minimum atomic E-state index is -0.111. The summed E-state index contributed by atoms with van der Waals surface area (Å²) in [7, 11) is 0. The van der Waals surface area contributed by atoms with E-state index < -0.39 is 0 Å². The minimum absolute atomic E-state index is 0.111. The summed E-state index contributed by atoms with van der Waals surface area (Å²) in [4.78, 5) is 0. The zero-order chi connectivity index (χ0) is 8.55. The number of aliphatic hydroxyl groups excluding tert-OH is 1. The van der Waals surface area contributed by atoms with Crippen LogP contribution >= 0.6 is 0 Å². The van der Waals surface area contributed by atoms with Gasteiger partial charge >= 0.3 is 0 Å². The first kappa shape index (κ1) is 8.52. The first-order valence-corrected chi connectivity index (χ1v) is 5.01.